The first-order chi connectivity index (χ1) is 10.7. The highest BCUT2D eigenvalue weighted by Crippen LogP contribution is 2.20. The van der Waals surface area contributed by atoms with Crippen molar-refractivity contribution in [1.29, 1.82) is 0 Å². The summed E-state index contributed by atoms with van der Waals surface area (Å²) in [6.07, 6.45) is 0. The number of benzene rings is 2. The Hall–Kier alpha value is -3.21. The van der Waals surface area contributed by atoms with Crippen molar-refractivity contribution in [2.75, 3.05) is 22.1 Å². The molecular weight excluding hydrogens is 274 g/mol. The van der Waals surface area contributed by atoms with E-state index in [1.165, 1.54) is 0 Å². The normalized spacial score (nSPS) is 10.2. The maximum atomic E-state index is 5.68. The van der Waals surface area contributed by atoms with Crippen molar-refractivity contribution in [3.63, 3.8) is 0 Å². The van der Waals surface area contributed by atoms with Crippen LogP contribution in [0.25, 0.3) is 0 Å². The molecule has 6 N–H and O–H groups in total. The van der Waals surface area contributed by atoms with Gasteiger partial charge in [-0.15, -0.1) is 0 Å². The van der Waals surface area contributed by atoms with E-state index in [2.05, 4.69) is 15.6 Å². The van der Waals surface area contributed by atoms with Crippen LogP contribution in [0.3, 0.4) is 0 Å². The molecule has 0 amide bonds. The topological polar surface area (TPSA) is 89.0 Å². The molecule has 0 aliphatic heterocycles. The van der Waals surface area contributed by atoms with Crippen molar-refractivity contribution in [2.45, 2.75) is 0 Å². The number of nitrogens with zero attached hydrogens (tertiary/aromatic N) is 1. The Morgan fingerprint density at radius 1 is 0.591 bits per heavy atom. The number of anilines is 6. The highest BCUT2D eigenvalue weighted by Gasteiger charge is 2.00. The van der Waals surface area contributed by atoms with Crippen molar-refractivity contribution in [3.05, 3.63) is 66.7 Å². The van der Waals surface area contributed by atoms with E-state index < -0.39 is 0 Å². The molecule has 3 rings (SSSR count). The Balaban J connectivity index is 1.74. The van der Waals surface area contributed by atoms with Gasteiger partial charge >= 0.3 is 0 Å². The number of hydrogen-bond acceptors (Lipinski definition) is 5. The zero-order valence-electron chi connectivity index (χ0n) is 12.0. The number of pyridine rings is 1. The van der Waals surface area contributed by atoms with Gasteiger partial charge in [0.25, 0.3) is 0 Å². The van der Waals surface area contributed by atoms with Crippen LogP contribution < -0.4 is 22.1 Å². The SMILES string of the molecule is Nc1ccc(Nc2cccc(Nc3ccc(N)cc3)n2)cc1. The predicted molar refractivity (Wildman–Crippen MR) is 92.5 cm³/mol. The fourth-order valence-corrected chi connectivity index (χ4v) is 2.00. The van der Waals surface area contributed by atoms with E-state index in [0.29, 0.717) is 0 Å². The summed E-state index contributed by atoms with van der Waals surface area (Å²) in [6, 6.07) is 20.8. The first kappa shape index (κ1) is 13.8. The molecule has 0 unspecified atom stereocenters. The second kappa shape index (κ2) is 6.05. The minimum atomic E-state index is 0.734. The van der Waals surface area contributed by atoms with E-state index in [-0.39, 0.29) is 0 Å². The monoisotopic (exact) mass is 291 g/mol. The number of aromatic nitrogens is 1. The summed E-state index contributed by atoms with van der Waals surface area (Å²) in [5, 5.41) is 6.48. The molecule has 0 aliphatic carbocycles. The van der Waals surface area contributed by atoms with Gasteiger partial charge in [0.05, 0.1) is 0 Å². The fraction of sp³-hybridized carbons (Fsp3) is 0. The molecule has 5 heteroatoms. The van der Waals surface area contributed by atoms with Gasteiger partial charge < -0.3 is 22.1 Å². The summed E-state index contributed by atoms with van der Waals surface area (Å²) in [5.74, 6) is 1.51. The van der Waals surface area contributed by atoms with Gasteiger partial charge in [0.2, 0.25) is 0 Å². The van der Waals surface area contributed by atoms with Crippen molar-refractivity contribution < 1.29 is 0 Å². The largest absolute Gasteiger partial charge is 0.399 e. The summed E-state index contributed by atoms with van der Waals surface area (Å²) in [6.45, 7) is 0. The molecule has 2 aromatic carbocycles. The molecule has 110 valence electrons. The van der Waals surface area contributed by atoms with Gasteiger partial charge in [0, 0.05) is 22.7 Å². The third-order valence-corrected chi connectivity index (χ3v) is 3.12. The summed E-state index contributed by atoms with van der Waals surface area (Å²) in [7, 11) is 0. The van der Waals surface area contributed by atoms with Gasteiger partial charge in [-0.05, 0) is 60.7 Å². The Kier molecular flexibility index (Phi) is 3.78. The Morgan fingerprint density at radius 2 is 1.00 bits per heavy atom. The molecule has 1 aromatic heterocycles. The third kappa shape index (κ3) is 3.46. The molecule has 0 saturated carbocycles. The van der Waals surface area contributed by atoms with Gasteiger partial charge in [-0.25, -0.2) is 4.98 Å². The van der Waals surface area contributed by atoms with E-state index in [1.807, 2.05) is 66.7 Å². The Bertz CT molecular complexity index is 688. The summed E-state index contributed by atoms with van der Waals surface area (Å²) < 4.78 is 0. The molecule has 0 atom stereocenters. The van der Waals surface area contributed by atoms with Crippen LogP contribution in [0.2, 0.25) is 0 Å². The minimum absolute atomic E-state index is 0.734. The average molecular weight is 291 g/mol. The zero-order chi connectivity index (χ0) is 15.4. The lowest BCUT2D eigenvalue weighted by molar-refractivity contribution is 1.29. The molecule has 0 spiro atoms. The molecule has 1 heterocycles. The van der Waals surface area contributed by atoms with Crippen LogP contribution in [0, 0.1) is 0 Å². The molecule has 5 nitrogen and oxygen atoms in total. The quantitative estimate of drug-likeness (QED) is 0.550. The van der Waals surface area contributed by atoms with Crippen molar-refractivity contribution in [1.82, 2.24) is 4.98 Å². The first-order valence-corrected chi connectivity index (χ1v) is 6.91. The number of rotatable bonds is 4. The van der Waals surface area contributed by atoms with Gasteiger partial charge in [0.15, 0.2) is 0 Å². The molecule has 0 saturated heterocycles. The smallest absolute Gasteiger partial charge is 0.132 e. The fourth-order valence-electron chi connectivity index (χ4n) is 2.00. The van der Waals surface area contributed by atoms with Crippen LogP contribution in [-0.2, 0) is 0 Å². The van der Waals surface area contributed by atoms with E-state index in [1.54, 1.807) is 0 Å². The Morgan fingerprint density at radius 3 is 1.41 bits per heavy atom. The van der Waals surface area contributed by atoms with Crippen LogP contribution in [-0.4, -0.2) is 4.98 Å². The second-order valence-electron chi connectivity index (χ2n) is 4.90. The number of nitrogen functional groups attached to an aromatic ring is 2. The second-order valence-corrected chi connectivity index (χ2v) is 4.90. The van der Waals surface area contributed by atoms with Gasteiger partial charge in [-0.1, -0.05) is 6.07 Å². The summed E-state index contributed by atoms with van der Waals surface area (Å²) in [5.41, 5.74) is 14.7. The molecule has 22 heavy (non-hydrogen) atoms. The Labute approximate surface area is 129 Å². The number of hydrogen-bond donors (Lipinski definition) is 4. The lowest BCUT2D eigenvalue weighted by Gasteiger charge is -2.09. The highest BCUT2D eigenvalue weighted by atomic mass is 15.1. The summed E-state index contributed by atoms with van der Waals surface area (Å²) >= 11 is 0. The number of nitrogens with two attached hydrogens (primary N) is 2. The van der Waals surface area contributed by atoms with Crippen molar-refractivity contribution in [3.8, 4) is 0 Å². The third-order valence-electron chi connectivity index (χ3n) is 3.12. The van der Waals surface area contributed by atoms with Crippen LogP contribution in [0.5, 0.6) is 0 Å². The molecule has 0 fully saturated rings. The lowest BCUT2D eigenvalue weighted by Crippen LogP contribution is -1.98. The van der Waals surface area contributed by atoms with E-state index in [4.69, 9.17) is 11.5 Å². The zero-order valence-corrected chi connectivity index (χ0v) is 12.0. The van der Waals surface area contributed by atoms with Crippen LogP contribution in [0.4, 0.5) is 34.4 Å². The van der Waals surface area contributed by atoms with Crippen LogP contribution in [0.15, 0.2) is 66.7 Å². The van der Waals surface area contributed by atoms with Crippen molar-refractivity contribution in [2.24, 2.45) is 0 Å². The first-order valence-electron chi connectivity index (χ1n) is 6.91. The minimum Gasteiger partial charge on any atom is -0.399 e. The molecular formula is C17H17N5. The molecule has 3 aromatic rings. The van der Waals surface area contributed by atoms with Gasteiger partial charge in [-0.3, -0.25) is 0 Å². The lowest BCUT2D eigenvalue weighted by atomic mass is 10.3. The van der Waals surface area contributed by atoms with Crippen molar-refractivity contribution >= 4 is 34.4 Å². The van der Waals surface area contributed by atoms with Crippen LogP contribution >= 0.6 is 0 Å². The van der Waals surface area contributed by atoms with Gasteiger partial charge in [-0.2, -0.15) is 0 Å². The average Bonchev–Trinajstić information content (AvgIpc) is 2.52. The van der Waals surface area contributed by atoms with E-state index >= 15 is 0 Å². The highest BCUT2D eigenvalue weighted by molar-refractivity contribution is 5.63. The van der Waals surface area contributed by atoms with E-state index in [0.717, 1.165) is 34.4 Å². The molecule has 0 aliphatic rings. The predicted octanol–water partition coefficient (Wildman–Crippen LogP) is 3.73. The molecule has 0 bridgehead atoms. The maximum absolute atomic E-state index is 5.68. The molecule has 0 radical (unpaired) electrons. The number of nitrogens with one attached hydrogen (secondary N) is 2. The maximum Gasteiger partial charge on any atom is 0.132 e. The van der Waals surface area contributed by atoms with Gasteiger partial charge in [0.1, 0.15) is 11.6 Å². The van der Waals surface area contributed by atoms with E-state index in [9.17, 15) is 0 Å². The summed E-state index contributed by atoms with van der Waals surface area (Å²) in [4.78, 5) is 4.52. The standard InChI is InChI=1S/C17H17N5/c18-12-4-8-14(9-5-12)20-16-2-1-3-17(22-16)21-15-10-6-13(19)7-11-15/h1-11H,18-19H2,(H2,20,21,22). The van der Waals surface area contributed by atoms with Crippen LogP contribution in [0.1, 0.15) is 0 Å².